The highest BCUT2D eigenvalue weighted by molar-refractivity contribution is 9.10. The molecule has 0 saturated heterocycles. The van der Waals surface area contributed by atoms with E-state index < -0.39 is 11.4 Å². The summed E-state index contributed by atoms with van der Waals surface area (Å²) < 4.78 is 14.7. The van der Waals surface area contributed by atoms with Crippen LogP contribution in [0.4, 0.5) is 4.39 Å². The van der Waals surface area contributed by atoms with Crippen LogP contribution >= 0.6 is 27.5 Å². The molecule has 92 valence electrons. The average molecular weight is 320 g/mol. The fourth-order valence-corrected chi connectivity index (χ4v) is 3.64. The summed E-state index contributed by atoms with van der Waals surface area (Å²) in [6.07, 6.45) is 3.79. The second-order valence-electron chi connectivity index (χ2n) is 5.14. The van der Waals surface area contributed by atoms with E-state index >= 15 is 0 Å². The first kappa shape index (κ1) is 11.9. The van der Waals surface area contributed by atoms with Crippen LogP contribution in [0, 0.1) is 17.7 Å². The van der Waals surface area contributed by atoms with Crippen LogP contribution in [-0.2, 0) is 5.60 Å². The van der Waals surface area contributed by atoms with Gasteiger partial charge in [0.15, 0.2) is 0 Å². The number of aliphatic hydroxyl groups is 1. The van der Waals surface area contributed by atoms with Gasteiger partial charge in [-0.25, -0.2) is 4.39 Å². The van der Waals surface area contributed by atoms with E-state index in [1.54, 1.807) is 12.1 Å². The van der Waals surface area contributed by atoms with Crippen LogP contribution in [0.5, 0.6) is 0 Å². The molecular formula is C13H13BrClFO. The third-order valence-electron chi connectivity index (χ3n) is 4.17. The normalized spacial score (nSPS) is 35.5. The standard InChI is InChI=1S/C13H13BrClFO/c14-10-4-3-8(12(16)11(10)15)13(17)5-1-2-7-6-9(7)13/h3-4,7,9,17H,1-2,5-6H2. The maximum absolute atomic E-state index is 14.2. The molecule has 0 aromatic heterocycles. The number of halogens is 3. The van der Waals surface area contributed by atoms with E-state index in [0.29, 0.717) is 22.4 Å². The van der Waals surface area contributed by atoms with Crippen molar-refractivity contribution >= 4 is 27.5 Å². The van der Waals surface area contributed by atoms with E-state index in [2.05, 4.69) is 15.9 Å². The molecule has 3 rings (SSSR count). The van der Waals surface area contributed by atoms with Crippen molar-refractivity contribution in [2.24, 2.45) is 11.8 Å². The van der Waals surface area contributed by atoms with E-state index in [1.807, 2.05) is 0 Å². The van der Waals surface area contributed by atoms with Crippen molar-refractivity contribution in [2.75, 3.05) is 0 Å². The van der Waals surface area contributed by atoms with E-state index in [0.717, 1.165) is 12.8 Å². The first-order valence-electron chi connectivity index (χ1n) is 5.90. The smallest absolute Gasteiger partial charge is 0.149 e. The lowest BCUT2D eigenvalue weighted by molar-refractivity contribution is -0.0190. The van der Waals surface area contributed by atoms with Crippen LogP contribution in [0.1, 0.15) is 31.2 Å². The lowest BCUT2D eigenvalue weighted by Crippen LogP contribution is -2.33. The second kappa shape index (κ2) is 3.94. The molecule has 4 heteroatoms. The summed E-state index contributed by atoms with van der Waals surface area (Å²) in [6, 6.07) is 3.37. The molecular weight excluding hydrogens is 306 g/mol. The first-order valence-corrected chi connectivity index (χ1v) is 7.07. The number of rotatable bonds is 1. The van der Waals surface area contributed by atoms with Gasteiger partial charge in [-0.15, -0.1) is 0 Å². The van der Waals surface area contributed by atoms with Crippen LogP contribution in [-0.4, -0.2) is 5.11 Å². The highest BCUT2D eigenvalue weighted by atomic mass is 79.9. The lowest BCUT2D eigenvalue weighted by Gasteiger charge is -2.33. The Labute approximate surface area is 113 Å². The molecule has 0 heterocycles. The topological polar surface area (TPSA) is 20.2 Å². The Kier molecular flexibility index (Phi) is 2.77. The number of benzene rings is 1. The Morgan fingerprint density at radius 1 is 1.47 bits per heavy atom. The van der Waals surface area contributed by atoms with Crippen LogP contribution < -0.4 is 0 Å². The SMILES string of the molecule is OC1(c2ccc(Br)c(Cl)c2F)CCCC2CC21. The second-order valence-corrected chi connectivity index (χ2v) is 6.37. The summed E-state index contributed by atoms with van der Waals surface area (Å²) in [5.74, 6) is 0.328. The molecule has 0 aliphatic heterocycles. The maximum atomic E-state index is 14.2. The van der Waals surface area contributed by atoms with Crippen molar-refractivity contribution in [3.63, 3.8) is 0 Å². The summed E-state index contributed by atoms with van der Waals surface area (Å²) in [6.45, 7) is 0. The molecule has 1 nitrogen and oxygen atoms in total. The van der Waals surface area contributed by atoms with Crippen molar-refractivity contribution in [2.45, 2.75) is 31.3 Å². The van der Waals surface area contributed by atoms with Gasteiger partial charge >= 0.3 is 0 Å². The molecule has 0 bridgehead atoms. The minimum Gasteiger partial charge on any atom is -0.385 e. The van der Waals surface area contributed by atoms with Gasteiger partial charge < -0.3 is 5.11 Å². The summed E-state index contributed by atoms with van der Waals surface area (Å²) in [7, 11) is 0. The van der Waals surface area contributed by atoms with Crippen LogP contribution in [0.25, 0.3) is 0 Å². The zero-order valence-electron chi connectivity index (χ0n) is 9.22. The predicted molar refractivity (Wildman–Crippen MR) is 68.5 cm³/mol. The molecule has 17 heavy (non-hydrogen) atoms. The monoisotopic (exact) mass is 318 g/mol. The quantitative estimate of drug-likeness (QED) is 0.767. The van der Waals surface area contributed by atoms with Gasteiger partial charge in [-0.05, 0) is 59.5 Å². The molecule has 2 saturated carbocycles. The minimum atomic E-state index is -1.00. The average Bonchev–Trinajstić information content (AvgIpc) is 3.07. The van der Waals surface area contributed by atoms with Gasteiger partial charge in [0.05, 0.1) is 10.6 Å². The zero-order chi connectivity index (χ0) is 12.2. The first-order chi connectivity index (χ1) is 8.04. The number of fused-ring (bicyclic) bond motifs is 1. The predicted octanol–water partition coefficient (Wildman–Crippen LogP) is 4.25. The molecule has 0 radical (unpaired) electrons. The highest BCUT2D eigenvalue weighted by Gasteiger charge is 2.55. The van der Waals surface area contributed by atoms with Gasteiger partial charge in [0.25, 0.3) is 0 Å². The summed E-state index contributed by atoms with van der Waals surface area (Å²) in [5.41, 5.74) is -0.630. The van der Waals surface area contributed by atoms with Gasteiger partial charge in [-0.2, -0.15) is 0 Å². The fraction of sp³-hybridized carbons (Fsp3) is 0.538. The van der Waals surface area contributed by atoms with Crippen LogP contribution in [0.15, 0.2) is 16.6 Å². The Hall–Kier alpha value is -0.120. The third-order valence-corrected chi connectivity index (χ3v) is 5.43. The van der Waals surface area contributed by atoms with E-state index in [1.165, 1.54) is 6.42 Å². The largest absolute Gasteiger partial charge is 0.385 e. The Morgan fingerprint density at radius 2 is 2.24 bits per heavy atom. The Bertz CT molecular complexity index is 479. The highest BCUT2D eigenvalue weighted by Crippen LogP contribution is 2.59. The van der Waals surface area contributed by atoms with Crippen LogP contribution in [0.2, 0.25) is 5.02 Å². The van der Waals surface area contributed by atoms with Crippen molar-refractivity contribution < 1.29 is 9.50 Å². The van der Waals surface area contributed by atoms with Crippen molar-refractivity contribution in [3.05, 3.63) is 33.0 Å². The Morgan fingerprint density at radius 3 is 3.00 bits per heavy atom. The summed E-state index contributed by atoms with van der Waals surface area (Å²) in [5, 5.41) is 10.8. The molecule has 0 spiro atoms. The third kappa shape index (κ3) is 1.74. The molecule has 3 atom stereocenters. The lowest BCUT2D eigenvalue weighted by atomic mass is 9.79. The van der Waals surface area contributed by atoms with Crippen LogP contribution in [0.3, 0.4) is 0 Å². The van der Waals surface area contributed by atoms with Gasteiger partial charge in [0, 0.05) is 10.0 Å². The van der Waals surface area contributed by atoms with Gasteiger partial charge in [0.1, 0.15) is 5.82 Å². The van der Waals surface area contributed by atoms with Crippen molar-refractivity contribution in [3.8, 4) is 0 Å². The van der Waals surface area contributed by atoms with E-state index in [4.69, 9.17) is 11.6 Å². The summed E-state index contributed by atoms with van der Waals surface area (Å²) >= 11 is 9.09. The molecule has 2 aliphatic carbocycles. The van der Waals surface area contributed by atoms with Gasteiger partial charge in [-0.1, -0.05) is 17.7 Å². The van der Waals surface area contributed by atoms with E-state index in [-0.39, 0.29) is 10.9 Å². The van der Waals surface area contributed by atoms with E-state index in [9.17, 15) is 9.50 Å². The Balaban J connectivity index is 2.06. The van der Waals surface area contributed by atoms with Gasteiger partial charge in [0.2, 0.25) is 0 Å². The van der Waals surface area contributed by atoms with Gasteiger partial charge in [-0.3, -0.25) is 0 Å². The minimum absolute atomic E-state index is 0.0682. The molecule has 3 unspecified atom stereocenters. The fourth-order valence-electron chi connectivity index (χ4n) is 3.17. The molecule has 0 amide bonds. The van der Waals surface area contributed by atoms with Crippen molar-refractivity contribution in [1.29, 1.82) is 0 Å². The maximum Gasteiger partial charge on any atom is 0.149 e. The molecule has 1 aromatic rings. The molecule has 2 aliphatic rings. The number of hydrogen-bond acceptors (Lipinski definition) is 1. The molecule has 1 aromatic carbocycles. The molecule has 1 N–H and O–H groups in total. The summed E-state index contributed by atoms with van der Waals surface area (Å²) in [4.78, 5) is 0. The van der Waals surface area contributed by atoms with Crippen molar-refractivity contribution in [1.82, 2.24) is 0 Å². The zero-order valence-corrected chi connectivity index (χ0v) is 11.6. The number of hydrogen-bond donors (Lipinski definition) is 1. The molecule has 2 fully saturated rings.